The Morgan fingerprint density at radius 2 is 1.94 bits per heavy atom. The molecule has 1 rings (SSSR count). The van der Waals surface area contributed by atoms with Crippen molar-refractivity contribution in [2.45, 2.75) is 46.1 Å². The molecule has 0 spiro atoms. The Hall–Kier alpha value is -0.900. The predicted octanol–water partition coefficient (Wildman–Crippen LogP) is 3.06. The molecule has 0 aromatic rings. The standard InChI is InChI=1S/C15H25NO2/c1-6-15(7-2)14(12(5)9-16(15)18)8-13(10-17)11(3)4/h8,17-18H,5-7,9-10H2,1-4H3/b14-8+. The molecule has 0 saturated carbocycles. The Kier molecular flexibility index (Phi) is 4.91. The van der Waals surface area contributed by atoms with Crippen molar-refractivity contribution in [3.63, 3.8) is 0 Å². The van der Waals surface area contributed by atoms with E-state index in [2.05, 4.69) is 20.4 Å². The minimum Gasteiger partial charge on any atom is -0.392 e. The molecule has 0 aromatic heterocycles. The van der Waals surface area contributed by atoms with E-state index in [1.165, 1.54) is 5.06 Å². The highest BCUT2D eigenvalue weighted by atomic mass is 16.5. The summed E-state index contributed by atoms with van der Waals surface area (Å²) in [5.41, 5.74) is 3.64. The first-order chi connectivity index (χ1) is 8.42. The van der Waals surface area contributed by atoms with Crippen molar-refractivity contribution in [1.82, 2.24) is 5.06 Å². The van der Waals surface area contributed by atoms with E-state index >= 15 is 0 Å². The number of aliphatic hydroxyl groups excluding tert-OH is 1. The summed E-state index contributed by atoms with van der Waals surface area (Å²) in [6.07, 6.45) is 3.65. The third kappa shape index (κ3) is 2.44. The molecule has 0 aromatic carbocycles. The van der Waals surface area contributed by atoms with Crippen LogP contribution in [0.3, 0.4) is 0 Å². The molecule has 1 aliphatic rings. The maximum atomic E-state index is 10.2. The van der Waals surface area contributed by atoms with Gasteiger partial charge in [0, 0.05) is 6.54 Å². The molecule has 0 unspecified atom stereocenters. The van der Waals surface area contributed by atoms with Gasteiger partial charge in [-0.1, -0.05) is 32.1 Å². The zero-order valence-electron chi connectivity index (χ0n) is 12.0. The zero-order valence-corrected chi connectivity index (χ0v) is 12.0. The largest absolute Gasteiger partial charge is 0.392 e. The fraction of sp³-hybridized carbons (Fsp3) is 0.600. The monoisotopic (exact) mass is 251 g/mol. The van der Waals surface area contributed by atoms with Crippen molar-refractivity contribution in [1.29, 1.82) is 0 Å². The van der Waals surface area contributed by atoms with Gasteiger partial charge in [0.2, 0.25) is 0 Å². The smallest absolute Gasteiger partial charge is 0.0710 e. The summed E-state index contributed by atoms with van der Waals surface area (Å²) in [5, 5.41) is 21.0. The Bertz CT molecular complexity index is 385. The van der Waals surface area contributed by atoms with Gasteiger partial charge in [-0.15, -0.1) is 0 Å². The maximum Gasteiger partial charge on any atom is 0.0710 e. The van der Waals surface area contributed by atoms with Gasteiger partial charge in [0.05, 0.1) is 12.1 Å². The van der Waals surface area contributed by atoms with Crippen LogP contribution in [0.1, 0.15) is 40.5 Å². The van der Waals surface area contributed by atoms with Crippen LogP contribution in [0.5, 0.6) is 0 Å². The van der Waals surface area contributed by atoms with Crippen molar-refractivity contribution >= 4 is 0 Å². The number of hydrogen-bond donors (Lipinski definition) is 2. The fourth-order valence-corrected chi connectivity index (χ4v) is 2.64. The molecule has 1 saturated heterocycles. The van der Waals surface area contributed by atoms with Crippen molar-refractivity contribution in [2.24, 2.45) is 0 Å². The number of hydrogen-bond acceptors (Lipinski definition) is 3. The molecule has 0 atom stereocenters. The van der Waals surface area contributed by atoms with Gasteiger partial charge in [0.15, 0.2) is 0 Å². The van der Waals surface area contributed by atoms with Crippen molar-refractivity contribution in [2.75, 3.05) is 13.2 Å². The SMILES string of the molecule is C=C1CN(O)C(CC)(CC)/C1=C/C(CO)=C(C)C. The molecule has 0 radical (unpaired) electrons. The van der Waals surface area contributed by atoms with Gasteiger partial charge in [-0.25, -0.2) is 0 Å². The summed E-state index contributed by atoms with van der Waals surface area (Å²) >= 11 is 0. The molecule has 18 heavy (non-hydrogen) atoms. The van der Waals surface area contributed by atoms with E-state index in [-0.39, 0.29) is 12.1 Å². The van der Waals surface area contributed by atoms with Gasteiger partial charge in [-0.2, -0.15) is 5.06 Å². The van der Waals surface area contributed by atoms with Crippen LogP contribution >= 0.6 is 0 Å². The summed E-state index contributed by atoms with van der Waals surface area (Å²) in [4.78, 5) is 0. The van der Waals surface area contributed by atoms with Crippen LogP contribution in [0, 0.1) is 0 Å². The Labute approximate surface area is 110 Å². The van der Waals surface area contributed by atoms with Crippen LogP contribution in [0.4, 0.5) is 0 Å². The predicted molar refractivity (Wildman–Crippen MR) is 74.5 cm³/mol. The van der Waals surface area contributed by atoms with Crippen LogP contribution in [-0.2, 0) is 0 Å². The fourth-order valence-electron chi connectivity index (χ4n) is 2.64. The molecular formula is C15H25NO2. The van der Waals surface area contributed by atoms with Gasteiger partial charge >= 0.3 is 0 Å². The number of rotatable bonds is 4. The molecule has 0 aliphatic carbocycles. The first-order valence-electron chi connectivity index (χ1n) is 6.57. The summed E-state index contributed by atoms with van der Waals surface area (Å²) in [6.45, 7) is 12.7. The maximum absolute atomic E-state index is 10.2. The molecule has 1 aliphatic heterocycles. The first-order valence-corrected chi connectivity index (χ1v) is 6.57. The van der Waals surface area contributed by atoms with Gasteiger partial charge in [-0.05, 0) is 43.4 Å². The summed E-state index contributed by atoms with van der Waals surface area (Å²) in [5.74, 6) is 0. The molecule has 2 N–H and O–H groups in total. The number of hydroxylamine groups is 2. The van der Waals surface area contributed by atoms with Crippen LogP contribution in [-0.4, -0.2) is 34.1 Å². The van der Waals surface area contributed by atoms with E-state index in [4.69, 9.17) is 0 Å². The molecule has 3 heteroatoms. The zero-order chi connectivity index (χ0) is 13.9. The molecule has 1 heterocycles. The topological polar surface area (TPSA) is 43.7 Å². The molecule has 3 nitrogen and oxygen atoms in total. The summed E-state index contributed by atoms with van der Waals surface area (Å²) < 4.78 is 0. The van der Waals surface area contributed by atoms with Crippen LogP contribution < -0.4 is 0 Å². The van der Waals surface area contributed by atoms with Crippen LogP contribution in [0.25, 0.3) is 0 Å². The van der Waals surface area contributed by atoms with E-state index < -0.39 is 0 Å². The number of aliphatic hydroxyl groups is 1. The lowest BCUT2D eigenvalue weighted by Gasteiger charge is -2.33. The van der Waals surface area contributed by atoms with Crippen LogP contribution in [0.2, 0.25) is 0 Å². The number of nitrogens with zero attached hydrogens (tertiary/aromatic N) is 1. The van der Waals surface area contributed by atoms with Gasteiger partial charge < -0.3 is 10.3 Å². The van der Waals surface area contributed by atoms with Gasteiger partial charge in [-0.3, -0.25) is 0 Å². The van der Waals surface area contributed by atoms with Crippen LogP contribution in [0.15, 0.2) is 34.9 Å². The molecular weight excluding hydrogens is 226 g/mol. The highest BCUT2D eigenvalue weighted by Gasteiger charge is 2.43. The van der Waals surface area contributed by atoms with E-state index in [1.807, 2.05) is 19.9 Å². The third-order valence-electron chi connectivity index (χ3n) is 4.02. The van der Waals surface area contributed by atoms with Gasteiger partial charge in [0.25, 0.3) is 0 Å². The second-order valence-electron chi connectivity index (χ2n) is 5.14. The van der Waals surface area contributed by atoms with E-state index in [1.54, 1.807) is 0 Å². The van der Waals surface area contributed by atoms with E-state index in [0.29, 0.717) is 6.54 Å². The van der Waals surface area contributed by atoms with Crippen molar-refractivity contribution < 1.29 is 10.3 Å². The Balaban J connectivity index is 3.31. The third-order valence-corrected chi connectivity index (χ3v) is 4.02. The minimum absolute atomic E-state index is 0.0219. The molecule has 1 fully saturated rings. The summed E-state index contributed by atoms with van der Waals surface area (Å²) in [7, 11) is 0. The summed E-state index contributed by atoms with van der Waals surface area (Å²) in [6, 6.07) is 0. The van der Waals surface area contributed by atoms with Crippen molar-refractivity contribution in [3.8, 4) is 0 Å². The molecule has 102 valence electrons. The minimum atomic E-state index is -0.354. The highest BCUT2D eigenvalue weighted by Crippen LogP contribution is 2.41. The quantitative estimate of drug-likeness (QED) is 0.807. The van der Waals surface area contributed by atoms with Crippen molar-refractivity contribution in [3.05, 3.63) is 34.9 Å². The molecule has 0 bridgehead atoms. The normalized spacial score (nSPS) is 21.7. The lowest BCUT2D eigenvalue weighted by atomic mass is 9.83. The number of allylic oxidation sites excluding steroid dienone is 1. The highest BCUT2D eigenvalue weighted by molar-refractivity contribution is 5.48. The van der Waals surface area contributed by atoms with Gasteiger partial charge in [0.1, 0.15) is 0 Å². The van der Waals surface area contributed by atoms with E-state index in [9.17, 15) is 10.3 Å². The van der Waals surface area contributed by atoms with E-state index in [0.717, 1.165) is 35.1 Å². The Morgan fingerprint density at radius 3 is 2.33 bits per heavy atom. The Morgan fingerprint density at radius 1 is 1.39 bits per heavy atom. The average Bonchev–Trinajstić information content (AvgIpc) is 2.57. The lowest BCUT2D eigenvalue weighted by Crippen LogP contribution is -2.41. The second-order valence-corrected chi connectivity index (χ2v) is 5.14. The second kappa shape index (κ2) is 5.83. The average molecular weight is 251 g/mol. The lowest BCUT2D eigenvalue weighted by molar-refractivity contribution is -0.140. The molecule has 0 amide bonds. The first kappa shape index (κ1) is 15.2.